The third-order valence-corrected chi connectivity index (χ3v) is 4.27. The molecule has 0 aromatic rings. The minimum Gasteiger partial charge on any atom is -0.330 e. The maximum atomic E-state index is 5.94. The van der Waals surface area contributed by atoms with Crippen molar-refractivity contribution in [3.63, 3.8) is 0 Å². The van der Waals surface area contributed by atoms with Crippen molar-refractivity contribution in [2.45, 2.75) is 65.3 Å². The smallest absolute Gasteiger partial charge is 0.0135 e. The van der Waals surface area contributed by atoms with Crippen LogP contribution in [-0.4, -0.2) is 30.6 Å². The number of hydrogen-bond acceptors (Lipinski definition) is 2. The second kappa shape index (κ2) is 8.10. The molecule has 0 saturated heterocycles. The predicted molar refractivity (Wildman–Crippen MR) is 76.1 cm³/mol. The summed E-state index contributed by atoms with van der Waals surface area (Å²) >= 11 is 0. The molecule has 0 aromatic heterocycles. The van der Waals surface area contributed by atoms with E-state index in [1.807, 2.05) is 0 Å². The topological polar surface area (TPSA) is 29.3 Å². The van der Waals surface area contributed by atoms with E-state index >= 15 is 0 Å². The van der Waals surface area contributed by atoms with Crippen molar-refractivity contribution >= 4 is 0 Å². The van der Waals surface area contributed by atoms with E-state index in [2.05, 4.69) is 25.7 Å². The number of hydrogen-bond donors (Lipinski definition) is 1. The highest BCUT2D eigenvalue weighted by Gasteiger charge is 2.27. The first kappa shape index (κ1) is 15.0. The van der Waals surface area contributed by atoms with Crippen LogP contribution in [0.3, 0.4) is 0 Å². The van der Waals surface area contributed by atoms with E-state index in [-0.39, 0.29) is 0 Å². The molecule has 2 atom stereocenters. The molecule has 0 spiro atoms. The molecule has 0 radical (unpaired) electrons. The van der Waals surface area contributed by atoms with Crippen LogP contribution in [0.4, 0.5) is 0 Å². The average Bonchev–Trinajstić information content (AvgIpc) is 2.34. The maximum absolute atomic E-state index is 5.94. The van der Waals surface area contributed by atoms with Gasteiger partial charge in [-0.25, -0.2) is 0 Å². The Balaban J connectivity index is 2.40. The van der Waals surface area contributed by atoms with Gasteiger partial charge in [-0.05, 0) is 57.2 Å². The van der Waals surface area contributed by atoms with Gasteiger partial charge in [0.25, 0.3) is 0 Å². The first-order valence-corrected chi connectivity index (χ1v) is 7.63. The molecule has 2 nitrogen and oxygen atoms in total. The summed E-state index contributed by atoms with van der Waals surface area (Å²) in [7, 11) is 0. The Labute approximate surface area is 108 Å². The Morgan fingerprint density at radius 3 is 2.53 bits per heavy atom. The Hall–Kier alpha value is -0.0800. The van der Waals surface area contributed by atoms with Gasteiger partial charge in [0.2, 0.25) is 0 Å². The van der Waals surface area contributed by atoms with Crippen LogP contribution in [0.15, 0.2) is 0 Å². The van der Waals surface area contributed by atoms with E-state index in [1.54, 1.807) is 0 Å². The summed E-state index contributed by atoms with van der Waals surface area (Å²) < 4.78 is 0. The Morgan fingerprint density at radius 2 is 1.94 bits per heavy atom. The fourth-order valence-corrected chi connectivity index (χ4v) is 3.20. The highest BCUT2D eigenvalue weighted by molar-refractivity contribution is 4.83. The molecule has 2 heteroatoms. The second-order valence-corrected chi connectivity index (χ2v) is 6.01. The van der Waals surface area contributed by atoms with Gasteiger partial charge in [0.15, 0.2) is 0 Å². The lowest BCUT2D eigenvalue weighted by Gasteiger charge is -2.39. The van der Waals surface area contributed by atoms with Crippen LogP contribution in [0.1, 0.15) is 59.3 Å². The lowest BCUT2D eigenvalue weighted by molar-refractivity contribution is 0.109. The minimum atomic E-state index is 0.753. The zero-order chi connectivity index (χ0) is 12.7. The molecule has 1 aliphatic rings. The normalized spacial score (nSPS) is 25.8. The molecule has 0 aromatic carbocycles. The molecular weight excluding hydrogens is 208 g/mol. The lowest BCUT2D eigenvalue weighted by atomic mass is 9.83. The minimum absolute atomic E-state index is 0.753. The fourth-order valence-electron chi connectivity index (χ4n) is 3.20. The zero-order valence-electron chi connectivity index (χ0n) is 12.1. The summed E-state index contributed by atoms with van der Waals surface area (Å²) in [6.45, 7) is 10.3. The molecule has 1 rings (SSSR count). The van der Waals surface area contributed by atoms with E-state index in [0.717, 1.165) is 24.4 Å². The number of rotatable bonds is 7. The van der Waals surface area contributed by atoms with Crippen molar-refractivity contribution < 1.29 is 0 Å². The molecule has 2 N–H and O–H groups in total. The molecular formula is C15H32N2. The summed E-state index contributed by atoms with van der Waals surface area (Å²) in [4.78, 5) is 2.69. The van der Waals surface area contributed by atoms with Crippen molar-refractivity contribution in [1.82, 2.24) is 4.90 Å². The molecule has 102 valence electrons. The summed E-state index contributed by atoms with van der Waals surface area (Å²) in [5, 5.41) is 0. The summed E-state index contributed by atoms with van der Waals surface area (Å²) in [5.74, 6) is 1.59. The van der Waals surface area contributed by atoms with E-state index in [1.165, 1.54) is 51.6 Å². The van der Waals surface area contributed by atoms with Crippen molar-refractivity contribution in [2.75, 3.05) is 19.6 Å². The van der Waals surface area contributed by atoms with Crippen molar-refractivity contribution in [3.05, 3.63) is 0 Å². The van der Waals surface area contributed by atoms with Gasteiger partial charge in [0.05, 0.1) is 0 Å². The van der Waals surface area contributed by atoms with Crippen LogP contribution in [0.2, 0.25) is 0 Å². The molecule has 1 aliphatic carbocycles. The van der Waals surface area contributed by atoms with Crippen LogP contribution in [0.25, 0.3) is 0 Å². The van der Waals surface area contributed by atoms with Gasteiger partial charge >= 0.3 is 0 Å². The first-order chi connectivity index (χ1) is 8.19. The van der Waals surface area contributed by atoms with Crippen LogP contribution in [0, 0.1) is 11.8 Å². The SMILES string of the molecule is CCN(CCCC(C)C)C1CCCCC1CN. The Kier molecular flexibility index (Phi) is 7.14. The van der Waals surface area contributed by atoms with E-state index in [0.29, 0.717) is 0 Å². The molecule has 1 fully saturated rings. The van der Waals surface area contributed by atoms with Crippen molar-refractivity contribution in [3.8, 4) is 0 Å². The largest absolute Gasteiger partial charge is 0.330 e. The monoisotopic (exact) mass is 240 g/mol. The van der Waals surface area contributed by atoms with E-state index in [4.69, 9.17) is 5.73 Å². The molecule has 0 amide bonds. The van der Waals surface area contributed by atoms with Gasteiger partial charge in [-0.2, -0.15) is 0 Å². The number of nitrogens with zero attached hydrogens (tertiary/aromatic N) is 1. The van der Waals surface area contributed by atoms with Crippen LogP contribution >= 0.6 is 0 Å². The average molecular weight is 240 g/mol. The first-order valence-electron chi connectivity index (χ1n) is 7.63. The summed E-state index contributed by atoms with van der Waals surface area (Å²) in [6.07, 6.45) is 8.22. The molecule has 0 heterocycles. The summed E-state index contributed by atoms with van der Waals surface area (Å²) in [6, 6.07) is 0.769. The van der Waals surface area contributed by atoms with Gasteiger partial charge in [-0.3, -0.25) is 0 Å². The van der Waals surface area contributed by atoms with Crippen molar-refractivity contribution in [2.24, 2.45) is 17.6 Å². The standard InChI is InChI=1S/C15H32N2/c1-4-17(11-7-8-13(2)3)15-10-6-5-9-14(15)12-16/h13-15H,4-12,16H2,1-3H3. The molecule has 1 saturated carbocycles. The molecule has 0 aliphatic heterocycles. The summed E-state index contributed by atoms with van der Waals surface area (Å²) in [5.41, 5.74) is 5.94. The third kappa shape index (κ3) is 4.97. The second-order valence-electron chi connectivity index (χ2n) is 6.01. The van der Waals surface area contributed by atoms with E-state index < -0.39 is 0 Å². The van der Waals surface area contributed by atoms with E-state index in [9.17, 15) is 0 Å². The quantitative estimate of drug-likeness (QED) is 0.740. The third-order valence-electron chi connectivity index (χ3n) is 4.27. The molecule has 0 bridgehead atoms. The van der Waals surface area contributed by atoms with Crippen LogP contribution in [0.5, 0.6) is 0 Å². The van der Waals surface area contributed by atoms with Crippen molar-refractivity contribution in [1.29, 1.82) is 0 Å². The Bertz CT molecular complexity index is 191. The van der Waals surface area contributed by atoms with Crippen LogP contribution in [-0.2, 0) is 0 Å². The van der Waals surface area contributed by atoms with Gasteiger partial charge in [-0.15, -0.1) is 0 Å². The fraction of sp³-hybridized carbons (Fsp3) is 1.00. The molecule has 17 heavy (non-hydrogen) atoms. The highest BCUT2D eigenvalue weighted by Crippen LogP contribution is 2.28. The van der Waals surface area contributed by atoms with Gasteiger partial charge < -0.3 is 10.6 Å². The number of nitrogens with two attached hydrogens (primary N) is 1. The molecule has 2 unspecified atom stereocenters. The maximum Gasteiger partial charge on any atom is 0.0135 e. The zero-order valence-corrected chi connectivity index (χ0v) is 12.1. The highest BCUT2D eigenvalue weighted by atomic mass is 15.2. The van der Waals surface area contributed by atoms with Gasteiger partial charge in [-0.1, -0.05) is 33.6 Å². The predicted octanol–water partition coefficient (Wildman–Crippen LogP) is 3.26. The van der Waals surface area contributed by atoms with Crippen LogP contribution < -0.4 is 5.73 Å². The van der Waals surface area contributed by atoms with Gasteiger partial charge in [0.1, 0.15) is 0 Å². The Morgan fingerprint density at radius 1 is 1.24 bits per heavy atom. The lowest BCUT2D eigenvalue weighted by Crippen LogP contribution is -2.45. The van der Waals surface area contributed by atoms with Gasteiger partial charge in [0, 0.05) is 6.04 Å².